The first kappa shape index (κ1) is 41.1. The molecule has 0 saturated heterocycles. The van der Waals surface area contributed by atoms with Crippen LogP contribution in [-0.4, -0.2) is 0 Å². The summed E-state index contributed by atoms with van der Waals surface area (Å²) in [4.78, 5) is 4.87. The van der Waals surface area contributed by atoms with Crippen LogP contribution in [0.5, 0.6) is 0 Å². The summed E-state index contributed by atoms with van der Waals surface area (Å²) >= 11 is 7.38. The number of unbranched alkanes of at least 4 members (excludes halogenated alkanes) is 10. The van der Waals surface area contributed by atoms with E-state index in [2.05, 4.69) is 201 Å². The molecule has 6 aromatic carbocycles. The number of anilines is 6. The quantitative estimate of drug-likeness (QED) is 0.0705. The second-order valence-electron chi connectivity index (χ2n) is 15.9. The maximum Gasteiger partial charge on any atom is 0.0465 e. The molecule has 0 unspecified atom stereocenters. The minimum Gasteiger partial charge on any atom is -0.310 e. The number of nitrogens with zero attached hydrogens (tertiary/aromatic N) is 2. The minimum atomic E-state index is -0.0870. The van der Waals surface area contributed by atoms with E-state index >= 15 is 0 Å². The third-order valence-electron chi connectivity index (χ3n) is 12.0. The number of fused-ring (bicyclic) bond motifs is 3. The molecule has 7 rings (SSSR count). The summed E-state index contributed by atoms with van der Waals surface area (Å²) in [7, 11) is 0. The van der Waals surface area contributed by atoms with Gasteiger partial charge >= 0.3 is 0 Å². The SMILES string of the molecule is CCCCCCCCC1(CCCCCCCC)c2cc(N(c3ccccc3)c3ccc(Br)cc3)ccc2-c2ccc(N(c3ccccc3)c3ccc(Br)cc3)cc21. The van der Waals surface area contributed by atoms with Gasteiger partial charge in [0.25, 0.3) is 0 Å². The van der Waals surface area contributed by atoms with E-state index in [-0.39, 0.29) is 5.41 Å². The topological polar surface area (TPSA) is 6.48 Å². The van der Waals surface area contributed by atoms with Gasteiger partial charge in [0, 0.05) is 48.5 Å². The summed E-state index contributed by atoms with van der Waals surface area (Å²) in [6, 6.07) is 54.0. The van der Waals surface area contributed by atoms with E-state index in [0.29, 0.717) is 0 Å². The first-order valence-electron chi connectivity index (χ1n) is 21.5. The molecule has 0 N–H and O–H groups in total. The average molecular weight is 883 g/mol. The van der Waals surface area contributed by atoms with E-state index in [4.69, 9.17) is 0 Å². The van der Waals surface area contributed by atoms with Crippen LogP contribution in [0.3, 0.4) is 0 Å². The van der Waals surface area contributed by atoms with Crippen molar-refractivity contribution in [1.29, 1.82) is 0 Å². The third-order valence-corrected chi connectivity index (χ3v) is 13.0. The molecule has 1 aliphatic rings. The number of hydrogen-bond donors (Lipinski definition) is 0. The molecular formula is C53H58Br2N2. The molecular weight excluding hydrogens is 824 g/mol. The van der Waals surface area contributed by atoms with Gasteiger partial charge in [-0.15, -0.1) is 0 Å². The summed E-state index contributed by atoms with van der Waals surface area (Å²) in [6.07, 6.45) is 17.9. The Morgan fingerprint density at radius 2 is 0.702 bits per heavy atom. The fraction of sp³-hybridized carbons (Fsp3) is 0.321. The van der Waals surface area contributed by atoms with Gasteiger partial charge in [0.2, 0.25) is 0 Å². The van der Waals surface area contributed by atoms with E-state index in [1.165, 1.54) is 122 Å². The van der Waals surface area contributed by atoms with E-state index in [1.54, 1.807) is 0 Å². The van der Waals surface area contributed by atoms with Gasteiger partial charge in [0.15, 0.2) is 0 Å². The smallest absolute Gasteiger partial charge is 0.0465 e. The highest BCUT2D eigenvalue weighted by Crippen LogP contribution is 2.57. The second kappa shape index (κ2) is 20.0. The molecule has 2 nitrogen and oxygen atoms in total. The molecule has 294 valence electrons. The zero-order valence-corrected chi connectivity index (χ0v) is 37.1. The van der Waals surface area contributed by atoms with E-state index in [0.717, 1.165) is 33.2 Å². The number of rotatable bonds is 20. The van der Waals surface area contributed by atoms with Crippen LogP contribution in [0.15, 0.2) is 155 Å². The second-order valence-corrected chi connectivity index (χ2v) is 17.7. The van der Waals surface area contributed by atoms with E-state index in [9.17, 15) is 0 Å². The van der Waals surface area contributed by atoms with Gasteiger partial charge in [0.1, 0.15) is 0 Å². The highest BCUT2D eigenvalue weighted by Gasteiger charge is 2.43. The first-order chi connectivity index (χ1) is 28.0. The summed E-state index contributed by atoms with van der Waals surface area (Å²) in [5.74, 6) is 0. The maximum absolute atomic E-state index is 3.69. The van der Waals surface area contributed by atoms with Crippen LogP contribution < -0.4 is 9.80 Å². The van der Waals surface area contributed by atoms with Crippen LogP contribution >= 0.6 is 31.9 Å². The fourth-order valence-electron chi connectivity index (χ4n) is 9.06. The largest absolute Gasteiger partial charge is 0.310 e. The molecule has 0 spiro atoms. The predicted molar refractivity (Wildman–Crippen MR) is 253 cm³/mol. The van der Waals surface area contributed by atoms with Crippen molar-refractivity contribution in [3.05, 3.63) is 166 Å². The lowest BCUT2D eigenvalue weighted by molar-refractivity contribution is 0.398. The van der Waals surface area contributed by atoms with Crippen LogP contribution in [0.25, 0.3) is 11.1 Å². The monoisotopic (exact) mass is 880 g/mol. The summed E-state index contributed by atoms with van der Waals surface area (Å²) in [6.45, 7) is 4.63. The Morgan fingerprint density at radius 3 is 1.09 bits per heavy atom. The fourth-order valence-corrected chi connectivity index (χ4v) is 9.58. The zero-order chi connectivity index (χ0) is 39.5. The Bertz CT molecular complexity index is 1990. The molecule has 0 saturated carbocycles. The molecule has 4 heteroatoms. The zero-order valence-electron chi connectivity index (χ0n) is 33.9. The van der Waals surface area contributed by atoms with Crippen molar-refractivity contribution in [2.75, 3.05) is 9.80 Å². The number of para-hydroxylation sites is 2. The van der Waals surface area contributed by atoms with Crippen molar-refractivity contribution < 1.29 is 0 Å². The molecule has 0 bridgehead atoms. The van der Waals surface area contributed by atoms with E-state index < -0.39 is 0 Å². The number of benzene rings is 6. The third kappa shape index (κ3) is 9.61. The van der Waals surface area contributed by atoms with Gasteiger partial charge in [-0.2, -0.15) is 0 Å². The molecule has 0 heterocycles. The normalized spacial score (nSPS) is 12.6. The minimum absolute atomic E-state index is 0.0870. The Morgan fingerprint density at radius 1 is 0.368 bits per heavy atom. The van der Waals surface area contributed by atoms with Gasteiger partial charge < -0.3 is 9.80 Å². The van der Waals surface area contributed by atoms with Crippen LogP contribution in [0.1, 0.15) is 115 Å². The van der Waals surface area contributed by atoms with Gasteiger partial charge in [-0.3, -0.25) is 0 Å². The number of hydrogen-bond acceptors (Lipinski definition) is 2. The summed E-state index contributed by atoms with van der Waals surface area (Å²) < 4.78 is 2.17. The Labute approximate surface area is 359 Å². The lowest BCUT2D eigenvalue weighted by atomic mass is 9.70. The van der Waals surface area contributed by atoms with Crippen LogP contribution in [-0.2, 0) is 5.41 Å². The highest BCUT2D eigenvalue weighted by molar-refractivity contribution is 9.10. The first-order valence-corrected chi connectivity index (χ1v) is 23.1. The van der Waals surface area contributed by atoms with Crippen LogP contribution in [0.4, 0.5) is 34.1 Å². The predicted octanol–water partition coefficient (Wildman–Crippen LogP) is 17.9. The maximum atomic E-state index is 3.69. The van der Waals surface area contributed by atoms with Crippen LogP contribution in [0, 0.1) is 0 Å². The lowest BCUT2D eigenvalue weighted by Crippen LogP contribution is -2.26. The molecule has 0 atom stereocenters. The van der Waals surface area contributed by atoms with E-state index in [1.807, 2.05) is 0 Å². The molecule has 1 aliphatic carbocycles. The van der Waals surface area contributed by atoms with Crippen molar-refractivity contribution in [2.24, 2.45) is 0 Å². The Kier molecular flexibility index (Phi) is 14.4. The average Bonchev–Trinajstić information content (AvgIpc) is 3.51. The van der Waals surface area contributed by atoms with Gasteiger partial charge in [-0.25, -0.2) is 0 Å². The number of halogens is 2. The summed E-state index contributed by atoms with van der Waals surface area (Å²) in [5, 5.41) is 0. The van der Waals surface area contributed by atoms with Crippen molar-refractivity contribution in [2.45, 2.75) is 109 Å². The molecule has 0 aromatic heterocycles. The van der Waals surface area contributed by atoms with Crippen molar-refractivity contribution in [1.82, 2.24) is 0 Å². The van der Waals surface area contributed by atoms with Crippen molar-refractivity contribution in [3.8, 4) is 11.1 Å². The highest BCUT2D eigenvalue weighted by atomic mass is 79.9. The molecule has 0 fully saturated rings. The molecule has 0 aliphatic heterocycles. The Balaban J connectivity index is 1.38. The lowest BCUT2D eigenvalue weighted by Gasteiger charge is -2.35. The summed E-state index contributed by atoms with van der Waals surface area (Å²) in [5.41, 5.74) is 12.8. The Hall–Kier alpha value is -4.12. The van der Waals surface area contributed by atoms with Crippen molar-refractivity contribution >= 4 is 66.0 Å². The standard InChI is InChI=1S/C53H58Br2N2/c1-3-5-7-9-11-19-37-53(38-20-12-10-8-6-4-2)51-39-47(56(43-21-15-13-16-22-43)45-29-25-41(54)26-30-45)33-35-49(51)50-36-34-48(40-52(50)53)57(44-23-17-14-18-24-44)46-31-27-42(55)28-32-46/h13-18,21-36,39-40H,3-12,19-20,37-38H2,1-2H3. The van der Waals surface area contributed by atoms with Crippen molar-refractivity contribution in [3.63, 3.8) is 0 Å². The van der Waals surface area contributed by atoms with Gasteiger partial charge in [-0.05, 0) is 132 Å². The molecule has 0 amide bonds. The molecule has 6 aromatic rings. The van der Waals surface area contributed by atoms with Crippen LogP contribution in [0.2, 0.25) is 0 Å². The molecule has 0 radical (unpaired) electrons. The molecule has 57 heavy (non-hydrogen) atoms. The van der Waals surface area contributed by atoms with Gasteiger partial charge in [-0.1, -0.05) is 171 Å². The van der Waals surface area contributed by atoms with Gasteiger partial charge in [0.05, 0.1) is 0 Å².